The van der Waals surface area contributed by atoms with E-state index in [9.17, 15) is 0 Å². The second kappa shape index (κ2) is 5.26. The summed E-state index contributed by atoms with van der Waals surface area (Å²) < 4.78 is 0. The highest BCUT2D eigenvalue weighted by molar-refractivity contribution is 5.65. The molecule has 15 heavy (non-hydrogen) atoms. The molecule has 0 unspecified atom stereocenters. The molecule has 4 heteroatoms. The predicted molar refractivity (Wildman–Crippen MR) is 64.2 cm³/mol. The lowest BCUT2D eigenvalue weighted by Crippen LogP contribution is -2.26. The molecule has 0 aliphatic rings. The Kier molecular flexibility index (Phi) is 4.00. The van der Waals surface area contributed by atoms with Crippen LogP contribution >= 0.6 is 0 Å². The number of hydrogen-bond donors (Lipinski definition) is 3. The lowest BCUT2D eigenvalue weighted by Gasteiger charge is -2.13. The zero-order valence-corrected chi connectivity index (χ0v) is 8.98. The molecule has 0 atom stereocenters. The van der Waals surface area contributed by atoms with E-state index in [4.69, 9.17) is 17.3 Å². The molecule has 6 N–H and O–H groups in total. The summed E-state index contributed by atoms with van der Waals surface area (Å²) in [6.45, 7) is 2.84. The van der Waals surface area contributed by atoms with Crippen LogP contribution in [0.25, 0.3) is 5.70 Å². The van der Waals surface area contributed by atoms with E-state index in [0.717, 1.165) is 18.5 Å². The average molecular weight is 206 g/mol. The fourth-order valence-corrected chi connectivity index (χ4v) is 1.29. The number of benzene rings is 1. The van der Waals surface area contributed by atoms with Crippen LogP contribution in [0.5, 0.6) is 0 Å². The molecule has 1 aromatic carbocycles. The molecule has 0 aliphatic heterocycles. The van der Waals surface area contributed by atoms with Gasteiger partial charge in [-0.1, -0.05) is 19.1 Å². The Bertz CT molecular complexity index is 346. The molecule has 0 amide bonds. The first-order chi connectivity index (χ1) is 7.13. The first kappa shape index (κ1) is 11.4. The SMILES string of the molecule is CCCN(N)/C=C(\N)c1cccc(N)c1. The van der Waals surface area contributed by atoms with Crippen molar-refractivity contribution in [3.8, 4) is 0 Å². The standard InChI is InChI=1S/C11H18N4/c1-2-6-15(14)8-11(13)9-4-3-5-10(12)7-9/h3-5,7-8H,2,6,12-14H2,1H3/b11-8-. The maximum Gasteiger partial charge on any atom is 0.0565 e. The van der Waals surface area contributed by atoms with E-state index in [2.05, 4.69) is 6.92 Å². The van der Waals surface area contributed by atoms with Crippen molar-refractivity contribution in [1.82, 2.24) is 5.01 Å². The summed E-state index contributed by atoms with van der Waals surface area (Å²) >= 11 is 0. The number of anilines is 1. The molecule has 1 aromatic rings. The van der Waals surface area contributed by atoms with Crippen LogP contribution in [0.15, 0.2) is 30.5 Å². The monoisotopic (exact) mass is 206 g/mol. The molecular weight excluding hydrogens is 188 g/mol. The fraction of sp³-hybridized carbons (Fsp3) is 0.273. The smallest absolute Gasteiger partial charge is 0.0565 e. The molecule has 0 heterocycles. The third-order valence-corrected chi connectivity index (χ3v) is 2.01. The van der Waals surface area contributed by atoms with Crippen LogP contribution < -0.4 is 17.3 Å². The summed E-state index contributed by atoms with van der Waals surface area (Å²) in [6.07, 6.45) is 2.70. The number of hydrazine groups is 1. The Labute approximate surface area is 90.3 Å². The van der Waals surface area contributed by atoms with Crippen LogP contribution in [-0.4, -0.2) is 11.6 Å². The molecule has 0 saturated heterocycles. The van der Waals surface area contributed by atoms with Gasteiger partial charge in [-0.2, -0.15) is 0 Å². The molecule has 4 nitrogen and oxygen atoms in total. The van der Waals surface area contributed by atoms with Crippen molar-refractivity contribution in [2.24, 2.45) is 11.6 Å². The highest BCUT2D eigenvalue weighted by atomic mass is 15.4. The van der Waals surface area contributed by atoms with Gasteiger partial charge in [0.25, 0.3) is 0 Å². The summed E-state index contributed by atoms with van der Waals surface area (Å²) in [5, 5.41) is 1.58. The Morgan fingerprint density at radius 1 is 1.47 bits per heavy atom. The maximum atomic E-state index is 5.88. The van der Waals surface area contributed by atoms with Gasteiger partial charge < -0.3 is 16.5 Å². The third-order valence-electron chi connectivity index (χ3n) is 2.01. The number of rotatable bonds is 4. The van der Waals surface area contributed by atoms with Crippen LogP contribution in [0.3, 0.4) is 0 Å². The van der Waals surface area contributed by atoms with Crippen LogP contribution in [0.1, 0.15) is 18.9 Å². The minimum Gasteiger partial charge on any atom is -0.399 e. The lowest BCUT2D eigenvalue weighted by molar-refractivity contribution is 0.394. The van der Waals surface area contributed by atoms with E-state index in [1.807, 2.05) is 24.3 Å². The van der Waals surface area contributed by atoms with Gasteiger partial charge >= 0.3 is 0 Å². The van der Waals surface area contributed by atoms with Crippen molar-refractivity contribution in [3.05, 3.63) is 36.0 Å². The molecule has 0 radical (unpaired) electrons. The molecule has 0 fully saturated rings. The highest BCUT2D eigenvalue weighted by Crippen LogP contribution is 2.12. The zero-order chi connectivity index (χ0) is 11.3. The van der Waals surface area contributed by atoms with E-state index < -0.39 is 0 Å². The topological polar surface area (TPSA) is 81.3 Å². The number of nitrogen functional groups attached to an aromatic ring is 1. The molecule has 1 rings (SSSR count). The normalized spacial score (nSPS) is 11.5. The van der Waals surface area contributed by atoms with Crippen molar-refractivity contribution in [2.45, 2.75) is 13.3 Å². The van der Waals surface area contributed by atoms with Crippen molar-refractivity contribution in [3.63, 3.8) is 0 Å². The molecular formula is C11H18N4. The van der Waals surface area contributed by atoms with Crippen LogP contribution in [0.4, 0.5) is 5.69 Å². The average Bonchev–Trinajstić information content (AvgIpc) is 2.18. The second-order valence-corrected chi connectivity index (χ2v) is 3.45. The number of nitrogens with two attached hydrogens (primary N) is 3. The Morgan fingerprint density at radius 2 is 2.20 bits per heavy atom. The van der Waals surface area contributed by atoms with Crippen molar-refractivity contribution < 1.29 is 0 Å². The zero-order valence-electron chi connectivity index (χ0n) is 8.98. The molecule has 82 valence electrons. The van der Waals surface area contributed by atoms with Gasteiger partial charge in [-0.3, -0.25) is 0 Å². The van der Waals surface area contributed by atoms with Crippen molar-refractivity contribution in [2.75, 3.05) is 12.3 Å². The van der Waals surface area contributed by atoms with Crippen LogP contribution in [-0.2, 0) is 0 Å². The van der Waals surface area contributed by atoms with Gasteiger partial charge in [0, 0.05) is 24.0 Å². The highest BCUT2D eigenvalue weighted by Gasteiger charge is 1.98. The first-order valence-electron chi connectivity index (χ1n) is 4.98. The first-order valence-corrected chi connectivity index (χ1v) is 4.98. The Balaban J connectivity index is 2.79. The van der Waals surface area contributed by atoms with Gasteiger partial charge in [-0.15, -0.1) is 0 Å². The van der Waals surface area contributed by atoms with Crippen molar-refractivity contribution >= 4 is 11.4 Å². The van der Waals surface area contributed by atoms with E-state index in [0.29, 0.717) is 11.4 Å². The molecule has 0 aliphatic carbocycles. The summed E-state index contributed by atoms with van der Waals surface area (Å²) in [6, 6.07) is 7.42. The summed E-state index contributed by atoms with van der Waals surface area (Å²) in [5.74, 6) is 5.71. The van der Waals surface area contributed by atoms with Gasteiger partial charge in [0.15, 0.2) is 0 Å². The second-order valence-electron chi connectivity index (χ2n) is 3.45. The van der Waals surface area contributed by atoms with Crippen LogP contribution in [0, 0.1) is 0 Å². The fourth-order valence-electron chi connectivity index (χ4n) is 1.29. The van der Waals surface area contributed by atoms with Gasteiger partial charge in [0.05, 0.1) is 5.70 Å². The van der Waals surface area contributed by atoms with Gasteiger partial charge in [0.2, 0.25) is 0 Å². The molecule has 0 aromatic heterocycles. The van der Waals surface area contributed by atoms with Crippen molar-refractivity contribution in [1.29, 1.82) is 0 Å². The number of hydrogen-bond acceptors (Lipinski definition) is 4. The van der Waals surface area contributed by atoms with Gasteiger partial charge in [-0.25, -0.2) is 5.84 Å². The third kappa shape index (κ3) is 3.52. The minimum absolute atomic E-state index is 0.623. The quantitative estimate of drug-likeness (QED) is 0.391. The maximum absolute atomic E-state index is 5.88. The molecule has 0 bridgehead atoms. The number of nitrogens with zero attached hydrogens (tertiary/aromatic N) is 1. The van der Waals surface area contributed by atoms with E-state index in [1.54, 1.807) is 11.2 Å². The molecule has 0 saturated carbocycles. The van der Waals surface area contributed by atoms with Crippen LogP contribution in [0.2, 0.25) is 0 Å². The lowest BCUT2D eigenvalue weighted by atomic mass is 10.1. The summed E-state index contributed by atoms with van der Waals surface area (Å²) in [5.41, 5.74) is 13.7. The van der Waals surface area contributed by atoms with E-state index in [1.165, 1.54) is 0 Å². The Hall–Kier alpha value is -1.68. The Morgan fingerprint density at radius 3 is 2.80 bits per heavy atom. The molecule has 0 spiro atoms. The minimum atomic E-state index is 0.623. The predicted octanol–water partition coefficient (Wildman–Crippen LogP) is 1.11. The van der Waals surface area contributed by atoms with E-state index in [-0.39, 0.29) is 0 Å². The summed E-state index contributed by atoms with van der Waals surface area (Å²) in [4.78, 5) is 0. The van der Waals surface area contributed by atoms with Gasteiger partial charge in [0.1, 0.15) is 0 Å². The summed E-state index contributed by atoms with van der Waals surface area (Å²) in [7, 11) is 0. The van der Waals surface area contributed by atoms with Gasteiger partial charge in [-0.05, 0) is 18.6 Å². The largest absolute Gasteiger partial charge is 0.399 e. The van der Waals surface area contributed by atoms with E-state index >= 15 is 0 Å².